The summed E-state index contributed by atoms with van der Waals surface area (Å²) in [6.07, 6.45) is 0.870. The molecule has 0 aromatic rings. The van der Waals surface area contributed by atoms with Gasteiger partial charge < -0.3 is 5.11 Å². The number of carbonyl (C=O) groups is 1. The summed E-state index contributed by atoms with van der Waals surface area (Å²) in [6.45, 7) is 4.22. The Kier molecular flexibility index (Phi) is 1.42. The molecule has 0 bridgehead atoms. The Morgan fingerprint density at radius 1 is 1.78 bits per heavy atom. The van der Waals surface area contributed by atoms with Gasteiger partial charge in [-0.1, -0.05) is 6.58 Å². The van der Waals surface area contributed by atoms with Crippen LogP contribution >= 0.6 is 0 Å². The van der Waals surface area contributed by atoms with Crippen LogP contribution in [0.1, 0.15) is 12.8 Å². The van der Waals surface area contributed by atoms with Crippen LogP contribution in [0.4, 0.5) is 4.79 Å². The zero-order valence-corrected chi connectivity index (χ0v) is 5.13. The topological polar surface area (TPSA) is 40.5 Å². The van der Waals surface area contributed by atoms with Gasteiger partial charge in [0.15, 0.2) is 0 Å². The fourth-order valence-corrected chi connectivity index (χ4v) is 0.965. The van der Waals surface area contributed by atoms with Crippen LogP contribution in [0.25, 0.3) is 0 Å². The molecule has 1 rings (SSSR count). The Hall–Kier alpha value is -0.990. The zero-order chi connectivity index (χ0) is 6.85. The summed E-state index contributed by atoms with van der Waals surface area (Å²) in [5.74, 6) is 0. The molecule has 0 aromatic carbocycles. The summed E-state index contributed by atoms with van der Waals surface area (Å²) in [5.41, 5.74) is 0.725. The molecular weight excluding hydrogens is 118 g/mol. The van der Waals surface area contributed by atoms with E-state index in [-0.39, 0.29) is 0 Å². The van der Waals surface area contributed by atoms with Crippen molar-refractivity contribution >= 4 is 6.09 Å². The molecule has 0 unspecified atom stereocenters. The van der Waals surface area contributed by atoms with Crippen LogP contribution < -0.4 is 0 Å². The first kappa shape index (κ1) is 6.13. The third-order valence-electron chi connectivity index (χ3n) is 1.46. The number of allylic oxidation sites excluding steroid dienone is 1. The summed E-state index contributed by atoms with van der Waals surface area (Å²) in [4.78, 5) is 11.6. The van der Waals surface area contributed by atoms with Crippen molar-refractivity contribution in [2.45, 2.75) is 12.8 Å². The highest BCUT2D eigenvalue weighted by Gasteiger charge is 2.19. The van der Waals surface area contributed by atoms with Crippen molar-refractivity contribution in [1.82, 2.24) is 4.90 Å². The molecule has 0 radical (unpaired) electrons. The predicted molar refractivity (Wildman–Crippen MR) is 33.1 cm³/mol. The van der Waals surface area contributed by atoms with Gasteiger partial charge in [0.2, 0.25) is 0 Å². The second kappa shape index (κ2) is 2.09. The summed E-state index contributed by atoms with van der Waals surface area (Å²) in [5, 5.41) is 8.45. The van der Waals surface area contributed by atoms with Gasteiger partial charge in [-0.3, -0.25) is 4.90 Å². The normalized spacial score (nSPS) is 18.7. The van der Waals surface area contributed by atoms with E-state index in [0.29, 0.717) is 6.54 Å². The van der Waals surface area contributed by atoms with Gasteiger partial charge in [0.05, 0.1) is 0 Å². The highest BCUT2D eigenvalue weighted by molar-refractivity contribution is 5.67. The SMILES string of the molecule is C=C1CCCN1C(=O)O. The lowest BCUT2D eigenvalue weighted by Crippen LogP contribution is -2.23. The molecule has 3 heteroatoms. The standard InChI is InChI=1S/C6H9NO2/c1-5-3-2-4-7(5)6(8)9/h1-4H2,(H,8,9). The second-order valence-electron chi connectivity index (χ2n) is 2.10. The van der Waals surface area contributed by atoms with Gasteiger partial charge in [0.25, 0.3) is 0 Å². The van der Waals surface area contributed by atoms with Crippen molar-refractivity contribution in [2.75, 3.05) is 6.54 Å². The van der Waals surface area contributed by atoms with Crippen molar-refractivity contribution in [3.63, 3.8) is 0 Å². The first-order valence-electron chi connectivity index (χ1n) is 2.90. The summed E-state index contributed by atoms with van der Waals surface area (Å²) in [6, 6.07) is 0. The molecule has 0 aromatic heterocycles. The maximum atomic E-state index is 10.3. The van der Waals surface area contributed by atoms with E-state index >= 15 is 0 Å². The van der Waals surface area contributed by atoms with Crippen LogP contribution in [0.3, 0.4) is 0 Å². The monoisotopic (exact) mass is 127 g/mol. The first-order valence-corrected chi connectivity index (χ1v) is 2.90. The number of rotatable bonds is 0. The van der Waals surface area contributed by atoms with Gasteiger partial charge in [0.1, 0.15) is 0 Å². The molecule has 0 saturated carbocycles. The minimum Gasteiger partial charge on any atom is -0.465 e. The highest BCUT2D eigenvalue weighted by atomic mass is 16.4. The number of carboxylic acid groups (broad SMARTS) is 1. The van der Waals surface area contributed by atoms with E-state index in [1.165, 1.54) is 4.90 Å². The predicted octanol–water partition coefficient (Wildman–Crippen LogP) is 1.27. The number of hydrogen-bond donors (Lipinski definition) is 1. The van der Waals surface area contributed by atoms with Crippen LogP contribution in [0.2, 0.25) is 0 Å². The highest BCUT2D eigenvalue weighted by Crippen LogP contribution is 2.17. The minimum atomic E-state index is -0.877. The summed E-state index contributed by atoms with van der Waals surface area (Å²) >= 11 is 0. The van der Waals surface area contributed by atoms with Crippen molar-refractivity contribution in [3.8, 4) is 0 Å². The fraction of sp³-hybridized carbons (Fsp3) is 0.500. The smallest absolute Gasteiger partial charge is 0.411 e. The lowest BCUT2D eigenvalue weighted by molar-refractivity contribution is 0.164. The van der Waals surface area contributed by atoms with Crippen LogP contribution in [0.5, 0.6) is 0 Å². The van der Waals surface area contributed by atoms with Gasteiger partial charge in [-0.2, -0.15) is 0 Å². The maximum Gasteiger partial charge on any atom is 0.411 e. The lowest BCUT2D eigenvalue weighted by atomic mass is 10.3. The second-order valence-corrected chi connectivity index (χ2v) is 2.10. The summed E-state index contributed by atoms with van der Waals surface area (Å²) in [7, 11) is 0. The molecule has 9 heavy (non-hydrogen) atoms. The molecule has 3 nitrogen and oxygen atoms in total. The van der Waals surface area contributed by atoms with Gasteiger partial charge >= 0.3 is 6.09 Å². The molecule has 1 saturated heterocycles. The molecule has 1 aliphatic heterocycles. The number of nitrogens with zero attached hydrogens (tertiary/aromatic N) is 1. The maximum absolute atomic E-state index is 10.3. The summed E-state index contributed by atoms with van der Waals surface area (Å²) < 4.78 is 0. The van der Waals surface area contributed by atoms with Crippen LogP contribution in [0.15, 0.2) is 12.3 Å². The number of likely N-dealkylation sites (tertiary alicyclic amines) is 1. The van der Waals surface area contributed by atoms with Gasteiger partial charge in [-0.25, -0.2) is 4.79 Å². The van der Waals surface area contributed by atoms with Gasteiger partial charge in [-0.05, 0) is 12.8 Å². The van der Waals surface area contributed by atoms with Gasteiger partial charge in [-0.15, -0.1) is 0 Å². The first-order chi connectivity index (χ1) is 4.22. The lowest BCUT2D eigenvalue weighted by Gasteiger charge is -2.10. The Morgan fingerprint density at radius 3 is 2.67 bits per heavy atom. The van der Waals surface area contributed by atoms with E-state index in [2.05, 4.69) is 6.58 Å². The molecule has 1 fully saturated rings. The van der Waals surface area contributed by atoms with E-state index < -0.39 is 6.09 Å². The Morgan fingerprint density at radius 2 is 2.44 bits per heavy atom. The third kappa shape index (κ3) is 1.04. The fourth-order valence-electron chi connectivity index (χ4n) is 0.965. The molecule has 1 amide bonds. The van der Waals surface area contributed by atoms with Crippen LogP contribution in [-0.4, -0.2) is 22.6 Å². The van der Waals surface area contributed by atoms with Crippen molar-refractivity contribution < 1.29 is 9.90 Å². The number of hydrogen-bond acceptors (Lipinski definition) is 1. The molecule has 50 valence electrons. The van der Waals surface area contributed by atoms with Gasteiger partial charge in [0, 0.05) is 12.2 Å². The largest absolute Gasteiger partial charge is 0.465 e. The Balaban J connectivity index is 2.60. The minimum absolute atomic E-state index is 0.619. The van der Waals surface area contributed by atoms with E-state index in [0.717, 1.165) is 18.5 Å². The molecule has 1 N–H and O–H groups in total. The molecule has 1 heterocycles. The molecular formula is C6H9NO2. The Labute approximate surface area is 53.6 Å². The van der Waals surface area contributed by atoms with Crippen LogP contribution in [0, 0.1) is 0 Å². The van der Waals surface area contributed by atoms with E-state index in [1.54, 1.807) is 0 Å². The van der Waals surface area contributed by atoms with Crippen LogP contribution in [-0.2, 0) is 0 Å². The van der Waals surface area contributed by atoms with Crippen molar-refractivity contribution in [3.05, 3.63) is 12.3 Å². The van der Waals surface area contributed by atoms with Crippen molar-refractivity contribution in [1.29, 1.82) is 0 Å². The van der Waals surface area contributed by atoms with Crippen molar-refractivity contribution in [2.24, 2.45) is 0 Å². The molecule has 0 atom stereocenters. The molecule has 0 aliphatic carbocycles. The molecule has 1 aliphatic rings. The molecule has 0 spiro atoms. The zero-order valence-electron chi connectivity index (χ0n) is 5.13. The average molecular weight is 127 g/mol. The Bertz CT molecular complexity index is 153. The van der Waals surface area contributed by atoms with E-state index in [9.17, 15) is 4.79 Å². The van der Waals surface area contributed by atoms with E-state index in [4.69, 9.17) is 5.11 Å². The van der Waals surface area contributed by atoms with E-state index in [1.807, 2.05) is 0 Å². The quantitative estimate of drug-likeness (QED) is 0.532. The third-order valence-corrected chi connectivity index (χ3v) is 1.46. The number of amides is 1. The average Bonchev–Trinajstić information content (AvgIpc) is 2.13.